The van der Waals surface area contributed by atoms with Crippen LogP contribution in [0.4, 0.5) is 0 Å². The first-order chi connectivity index (χ1) is 16.9. The van der Waals surface area contributed by atoms with Crippen molar-refractivity contribution in [1.29, 1.82) is 0 Å². The second kappa shape index (κ2) is 12.2. The number of aliphatic hydroxyl groups excluding tert-OH is 9. The molecule has 16 heteroatoms. The highest BCUT2D eigenvalue weighted by Gasteiger charge is 2.53. The molecule has 3 saturated heterocycles. The third kappa shape index (κ3) is 5.97. The van der Waals surface area contributed by atoms with Gasteiger partial charge in [0.25, 0.3) is 0 Å². The Morgan fingerprint density at radius 2 is 1.31 bits per heavy atom. The van der Waals surface area contributed by atoms with Gasteiger partial charge in [-0.15, -0.1) is 0 Å². The van der Waals surface area contributed by atoms with Crippen LogP contribution in [-0.2, 0) is 28.5 Å². The van der Waals surface area contributed by atoms with E-state index in [4.69, 9.17) is 23.7 Å². The summed E-state index contributed by atoms with van der Waals surface area (Å²) in [6, 6.07) is -1.37. The molecular formula is C20H35NO15. The lowest BCUT2D eigenvalue weighted by Crippen LogP contribution is -2.68. The summed E-state index contributed by atoms with van der Waals surface area (Å²) in [6.07, 6.45) is -21.8. The van der Waals surface area contributed by atoms with Crippen LogP contribution in [0.3, 0.4) is 0 Å². The number of rotatable bonds is 7. The van der Waals surface area contributed by atoms with Crippen molar-refractivity contribution < 1.29 is 74.4 Å². The summed E-state index contributed by atoms with van der Waals surface area (Å²) in [6.45, 7) is 1.02. The third-order valence-electron chi connectivity index (χ3n) is 6.45. The van der Waals surface area contributed by atoms with Crippen LogP contribution < -0.4 is 5.32 Å². The van der Waals surface area contributed by atoms with E-state index in [9.17, 15) is 50.8 Å². The van der Waals surface area contributed by atoms with Crippen molar-refractivity contribution in [3.8, 4) is 0 Å². The molecule has 0 unspecified atom stereocenters. The molecule has 0 bridgehead atoms. The average Bonchev–Trinajstić information content (AvgIpc) is 2.83. The molecule has 3 fully saturated rings. The fourth-order valence-corrected chi connectivity index (χ4v) is 4.40. The molecule has 10 N–H and O–H groups in total. The van der Waals surface area contributed by atoms with E-state index in [0.29, 0.717) is 0 Å². The van der Waals surface area contributed by atoms with Crippen LogP contribution in [0.25, 0.3) is 0 Å². The van der Waals surface area contributed by atoms with Gasteiger partial charge in [-0.1, -0.05) is 0 Å². The molecule has 36 heavy (non-hydrogen) atoms. The molecular weight excluding hydrogens is 494 g/mol. The number of hydrogen-bond acceptors (Lipinski definition) is 15. The van der Waals surface area contributed by atoms with Crippen molar-refractivity contribution in [2.24, 2.45) is 0 Å². The molecule has 16 nitrogen and oxygen atoms in total. The Bertz CT molecular complexity index is 715. The summed E-state index contributed by atoms with van der Waals surface area (Å²) in [5.74, 6) is -0.622. The second-order valence-electron chi connectivity index (χ2n) is 9.05. The van der Waals surface area contributed by atoms with Crippen LogP contribution in [0.15, 0.2) is 0 Å². The van der Waals surface area contributed by atoms with E-state index >= 15 is 0 Å². The number of carbonyl (C=O) groups is 1. The van der Waals surface area contributed by atoms with Gasteiger partial charge in [0.1, 0.15) is 67.1 Å². The Labute approximate surface area is 205 Å². The van der Waals surface area contributed by atoms with Gasteiger partial charge < -0.3 is 75.0 Å². The van der Waals surface area contributed by atoms with Crippen molar-refractivity contribution in [1.82, 2.24) is 5.32 Å². The molecule has 1 amide bonds. The minimum Gasteiger partial charge on any atom is -0.394 e. The first-order valence-electron chi connectivity index (χ1n) is 11.4. The highest BCUT2D eigenvalue weighted by atomic mass is 16.7. The highest BCUT2D eigenvalue weighted by molar-refractivity contribution is 5.73. The molecule has 15 atom stereocenters. The van der Waals surface area contributed by atoms with E-state index in [-0.39, 0.29) is 0 Å². The Balaban J connectivity index is 1.77. The Morgan fingerprint density at radius 1 is 0.722 bits per heavy atom. The summed E-state index contributed by atoms with van der Waals surface area (Å²) in [5, 5.41) is 93.8. The van der Waals surface area contributed by atoms with Crippen molar-refractivity contribution in [2.45, 2.75) is 106 Å². The average molecular weight is 529 g/mol. The zero-order valence-electron chi connectivity index (χ0n) is 19.5. The quantitative estimate of drug-likeness (QED) is 0.147. The SMILES string of the molecule is CC(=O)N[C@@H]1[C@H](O[C@H]2[C@H](O)[C@@H](O)[C@@H](O[C@@H]3[C@@H](O)[C@H](C)O[C@H](O)[C@@H]3O)O[C@@H]2CO)O[C@H](CO)[C@@H](O)[C@@H]1O. The molecule has 3 aliphatic rings. The van der Waals surface area contributed by atoms with E-state index in [1.165, 1.54) is 6.92 Å². The molecule has 0 aliphatic carbocycles. The first kappa shape index (κ1) is 29.5. The third-order valence-corrected chi connectivity index (χ3v) is 6.45. The summed E-state index contributed by atoms with van der Waals surface area (Å²) in [7, 11) is 0. The number of aliphatic hydroxyl groups is 9. The predicted octanol–water partition coefficient (Wildman–Crippen LogP) is -6.40. The maximum absolute atomic E-state index is 11.6. The van der Waals surface area contributed by atoms with Crippen LogP contribution in [0.5, 0.6) is 0 Å². The highest BCUT2D eigenvalue weighted by Crippen LogP contribution is 2.32. The summed E-state index contributed by atoms with van der Waals surface area (Å²) in [5.41, 5.74) is 0. The summed E-state index contributed by atoms with van der Waals surface area (Å²) >= 11 is 0. The monoisotopic (exact) mass is 529 g/mol. The molecule has 3 aliphatic heterocycles. The zero-order chi connectivity index (χ0) is 26.9. The van der Waals surface area contributed by atoms with Gasteiger partial charge >= 0.3 is 0 Å². The second-order valence-corrected chi connectivity index (χ2v) is 9.05. The molecule has 0 aromatic rings. The lowest BCUT2D eigenvalue weighted by molar-refractivity contribution is -0.370. The van der Waals surface area contributed by atoms with E-state index < -0.39 is 111 Å². The largest absolute Gasteiger partial charge is 0.394 e. The predicted molar refractivity (Wildman–Crippen MR) is 111 cm³/mol. The van der Waals surface area contributed by atoms with Crippen LogP contribution in [0.1, 0.15) is 13.8 Å². The van der Waals surface area contributed by atoms with Crippen molar-refractivity contribution in [2.75, 3.05) is 13.2 Å². The fraction of sp³-hybridized carbons (Fsp3) is 0.950. The zero-order valence-corrected chi connectivity index (χ0v) is 19.5. The standard InChI is InChI=1S/C20H35NO15/c1-5-10(25)17(15(30)18(31)32-5)36-20-14(29)13(28)16(8(4-23)34-20)35-19-9(21-6(2)24)12(27)11(26)7(3-22)33-19/h5,7-20,22-23,25-31H,3-4H2,1-2H3,(H,21,24)/t5-,7+,8+,9-,10-,11+,12+,13+,14+,15+,16+,17+,18-,19-,20+/m0/s1. The van der Waals surface area contributed by atoms with Crippen LogP contribution in [0.2, 0.25) is 0 Å². The molecule has 210 valence electrons. The van der Waals surface area contributed by atoms with Crippen LogP contribution in [-0.4, -0.2) is 157 Å². The van der Waals surface area contributed by atoms with E-state index in [1.807, 2.05) is 0 Å². The Kier molecular flexibility index (Phi) is 9.97. The molecule has 0 aromatic carbocycles. The number of nitrogens with one attached hydrogen (secondary N) is 1. The Morgan fingerprint density at radius 3 is 1.89 bits per heavy atom. The minimum atomic E-state index is -1.88. The fourth-order valence-electron chi connectivity index (χ4n) is 4.40. The lowest BCUT2D eigenvalue weighted by atomic mass is 9.95. The normalized spacial score (nSPS) is 50.0. The van der Waals surface area contributed by atoms with Gasteiger partial charge in [0, 0.05) is 6.92 Å². The van der Waals surface area contributed by atoms with Gasteiger partial charge in [-0.2, -0.15) is 0 Å². The van der Waals surface area contributed by atoms with Gasteiger partial charge in [0.05, 0.1) is 19.3 Å². The topological polar surface area (TPSA) is 257 Å². The summed E-state index contributed by atoms with van der Waals surface area (Å²) in [4.78, 5) is 11.6. The van der Waals surface area contributed by atoms with Gasteiger partial charge in [-0.25, -0.2) is 0 Å². The van der Waals surface area contributed by atoms with Gasteiger partial charge in [0.2, 0.25) is 5.91 Å². The molecule has 0 spiro atoms. The number of amides is 1. The number of ether oxygens (including phenoxy) is 5. The summed E-state index contributed by atoms with van der Waals surface area (Å²) < 4.78 is 27.0. The van der Waals surface area contributed by atoms with Crippen LogP contribution in [0, 0.1) is 0 Å². The van der Waals surface area contributed by atoms with Gasteiger partial charge in [0.15, 0.2) is 18.9 Å². The van der Waals surface area contributed by atoms with Crippen LogP contribution >= 0.6 is 0 Å². The smallest absolute Gasteiger partial charge is 0.217 e. The van der Waals surface area contributed by atoms with Gasteiger partial charge in [-0.05, 0) is 6.92 Å². The Hall–Kier alpha value is -1.09. The van der Waals surface area contributed by atoms with Crippen molar-refractivity contribution >= 4 is 5.91 Å². The lowest BCUT2D eigenvalue weighted by Gasteiger charge is -2.48. The maximum Gasteiger partial charge on any atom is 0.217 e. The van der Waals surface area contributed by atoms with E-state index in [0.717, 1.165) is 6.92 Å². The van der Waals surface area contributed by atoms with Crippen molar-refractivity contribution in [3.05, 3.63) is 0 Å². The van der Waals surface area contributed by atoms with E-state index in [1.54, 1.807) is 0 Å². The number of carbonyl (C=O) groups excluding carboxylic acids is 1. The van der Waals surface area contributed by atoms with Gasteiger partial charge in [-0.3, -0.25) is 4.79 Å². The molecule has 0 radical (unpaired) electrons. The molecule has 0 saturated carbocycles. The molecule has 3 rings (SSSR count). The minimum absolute atomic E-state index is 0.622. The molecule has 3 heterocycles. The first-order valence-corrected chi connectivity index (χ1v) is 11.4. The van der Waals surface area contributed by atoms with E-state index in [2.05, 4.69) is 5.32 Å². The molecule has 0 aromatic heterocycles. The maximum atomic E-state index is 11.6. The van der Waals surface area contributed by atoms with Crippen molar-refractivity contribution in [3.63, 3.8) is 0 Å². The number of hydrogen-bond donors (Lipinski definition) is 10.